The Labute approximate surface area is 230 Å². The van der Waals surface area contributed by atoms with Gasteiger partial charge in [0.15, 0.2) is 0 Å². The number of piperazine rings is 2. The topological polar surface area (TPSA) is 87.9 Å². The molecule has 0 spiro atoms. The first-order valence-corrected chi connectivity index (χ1v) is 14.0. The molecule has 3 aliphatic rings. The summed E-state index contributed by atoms with van der Waals surface area (Å²) in [7, 11) is 2.16. The van der Waals surface area contributed by atoms with Crippen LogP contribution < -0.4 is 14.7 Å². The third kappa shape index (κ3) is 5.62. The summed E-state index contributed by atoms with van der Waals surface area (Å²) < 4.78 is 6.41. The maximum atomic E-state index is 9.53. The van der Waals surface area contributed by atoms with Gasteiger partial charge in [-0.2, -0.15) is 10.2 Å². The molecule has 6 rings (SSSR count). The second kappa shape index (κ2) is 11.3. The number of ether oxygens (including phenoxy) is 1. The van der Waals surface area contributed by atoms with E-state index < -0.39 is 0 Å². The smallest absolute Gasteiger partial charge is 0.227 e. The van der Waals surface area contributed by atoms with Gasteiger partial charge in [-0.1, -0.05) is 0 Å². The highest BCUT2D eigenvalue weighted by molar-refractivity contribution is 5.95. The van der Waals surface area contributed by atoms with E-state index in [2.05, 4.69) is 66.6 Å². The fourth-order valence-corrected chi connectivity index (χ4v) is 5.99. The average Bonchev–Trinajstić information content (AvgIpc) is 2.97. The number of rotatable bonds is 5. The number of fused-ring (bicyclic) bond motifs is 1. The minimum absolute atomic E-state index is 0.116. The summed E-state index contributed by atoms with van der Waals surface area (Å²) in [4.78, 5) is 25.9. The number of nitriles is 1. The van der Waals surface area contributed by atoms with Crippen molar-refractivity contribution in [3.8, 4) is 6.07 Å². The molecule has 10 heteroatoms. The first-order chi connectivity index (χ1) is 19.1. The van der Waals surface area contributed by atoms with Crippen molar-refractivity contribution in [1.82, 2.24) is 24.8 Å². The normalized spacial score (nSPS) is 23.3. The SMILES string of the molecule is CC1CN(c2ccc(C#N)c3ncccc23)CC(CN2CCN(c3ccnc(N4CCN(C)CC4)n3)CC2)O1. The molecule has 1 aromatic carbocycles. The van der Waals surface area contributed by atoms with Crippen molar-refractivity contribution in [2.45, 2.75) is 19.1 Å². The monoisotopic (exact) mass is 527 g/mol. The summed E-state index contributed by atoms with van der Waals surface area (Å²) >= 11 is 0. The Kier molecular flexibility index (Phi) is 7.46. The number of aromatic nitrogens is 3. The highest BCUT2D eigenvalue weighted by Crippen LogP contribution is 2.30. The molecule has 0 amide bonds. The molecule has 5 heterocycles. The Hall–Kier alpha value is -3.52. The van der Waals surface area contributed by atoms with E-state index in [9.17, 15) is 5.26 Å². The Morgan fingerprint density at radius 1 is 0.897 bits per heavy atom. The van der Waals surface area contributed by atoms with Gasteiger partial charge in [-0.3, -0.25) is 9.88 Å². The maximum Gasteiger partial charge on any atom is 0.227 e. The van der Waals surface area contributed by atoms with Gasteiger partial charge < -0.3 is 24.3 Å². The van der Waals surface area contributed by atoms with Crippen molar-refractivity contribution >= 4 is 28.4 Å². The lowest BCUT2D eigenvalue weighted by Crippen LogP contribution is -2.54. The van der Waals surface area contributed by atoms with Crippen molar-refractivity contribution in [1.29, 1.82) is 5.26 Å². The van der Waals surface area contributed by atoms with Crippen molar-refractivity contribution < 1.29 is 4.74 Å². The van der Waals surface area contributed by atoms with Gasteiger partial charge in [0.25, 0.3) is 0 Å². The van der Waals surface area contributed by atoms with Gasteiger partial charge >= 0.3 is 0 Å². The number of hydrogen-bond donors (Lipinski definition) is 0. The largest absolute Gasteiger partial charge is 0.370 e. The van der Waals surface area contributed by atoms with E-state index in [1.54, 1.807) is 6.20 Å². The predicted octanol–water partition coefficient (Wildman–Crippen LogP) is 2.06. The molecule has 2 aromatic heterocycles. The van der Waals surface area contributed by atoms with E-state index in [0.717, 1.165) is 100 Å². The number of pyridine rings is 1. The van der Waals surface area contributed by atoms with Gasteiger partial charge in [0.05, 0.1) is 23.3 Å². The van der Waals surface area contributed by atoms with Crippen LogP contribution in [0.15, 0.2) is 42.7 Å². The van der Waals surface area contributed by atoms with Crippen molar-refractivity contribution in [2.75, 3.05) is 93.7 Å². The van der Waals surface area contributed by atoms with Gasteiger partial charge in [0.1, 0.15) is 11.9 Å². The van der Waals surface area contributed by atoms with E-state index in [0.29, 0.717) is 5.56 Å². The van der Waals surface area contributed by atoms with Crippen LogP contribution in [0.25, 0.3) is 10.9 Å². The summed E-state index contributed by atoms with van der Waals surface area (Å²) in [5, 5.41) is 10.6. The predicted molar refractivity (Wildman–Crippen MR) is 153 cm³/mol. The Morgan fingerprint density at radius 3 is 2.49 bits per heavy atom. The number of likely N-dealkylation sites (N-methyl/N-ethyl adjacent to an activating group) is 1. The fourth-order valence-electron chi connectivity index (χ4n) is 5.99. The van der Waals surface area contributed by atoms with Crippen LogP contribution in [0.1, 0.15) is 12.5 Å². The number of nitrogens with zero attached hydrogens (tertiary/aromatic N) is 9. The Bertz CT molecular complexity index is 1330. The van der Waals surface area contributed by atoms with E-state index >= 15 is 0 Å². The molecule has 3 saturated heterocycles. The van der Waals surface area contributed by atoms with Crippen LogP contribution in [-0.2, 0) is 4.74 Å². The molecular formula is C29H37N9O. The Morgan fingerprint density at radius 2 is 1.69 bits per heavy atom. The zero-order valence-electron chi connectivity index (χ0n) is 22.9. The van der Waals surface area contributed by atoms with Crippen LogP contribution in [-0.4, -0.2) is 116 Å². The molecule has 2 atom stereocenters. The van der Waals surface area contributed by atoms with Crippen LogP contribution in [0.4, 0.5) is 17.5 Å². The molecule has 0 bridgehead atoms. The molecule has 0 radical (unpaired) electrons. The van der Waals surface area contributed by atoms with E-state index in [-0.39, 0.29) is 12.2 Å². The molecule has 3 aromatic rings. The zero-order chi connectivity index (χ0) is 26.8. The third-order valence-corrected chi connectivity index (χ3v) is 8.11. The van der Waals surface area contributed by atoms with Crippen molar-refractivity contribution in [3.63, 3.8) is 0 Å². The summed E-state index contributed by atoms with van der Waals surface area (Å²) in [5.41, 5.74) is 2.51. The van der Waals surface area contributed by atoms with Crippen molar-refractivity contribution in [2.24, 2.45) is 0 Å². The number of benzene rings is 1. The molecule has 10 nitrogen and oxygen atoms in total. The van der Waals surface area contributed by atoms with Crippen LogP contribution in [0.3, 0.4) is 0 Å². The maximum absolute atomic E-state index is 9.53. The van der Waals surface area contributed by atoms with Gasteiger partial charge in [-0.15, -0.1) is 0 Å². The van der Waals surface area contributed by atoms with Crippen LogP contribution in [0.5, 0.6) is 0 Å². The standard InChI is InChI=1S/C29H37N9O/c1-22-19-38(26-6-5-23(18-30)28-25(26)4-3-8-31-28)21-24(39-22)20-35-12-16-36(17-13-35)27-7-9-32-29(33-27)37-14-10-34(2)11-15-37/h3-9,22,24H,10-17,19-21H2,1-2H3. The quantitative estimate of drug-likeness (QED) is 0.491. The van der Waals surface area contributed by atoms with Gasteiger partial charge in [0, 0.05) is 95.5 Å². The molecule has 0 N–H and O–H groups in total. The lowest BCUT2D eigenvalue weighted by atomic mass is 10.1. The summed E-state index contributed by atoms with van der Waals surface area (Å²) in [5.74, 6) is 1.87. The lowest BCUT2D eigenvalue weighted by Gasteiger charge is -2.42. The molecule has 204 valence electrons. The molecule has 39 heavy (non-hydrogen) atoms. The molecule has 3 fully saturated rings. The average molecular weight is 528 g/mol. The van der Waals surface area contributed by atoms with Gasteiger partial charge in [0.2, 0.25) is 5.95 Å². The summed E-state index contributed by atoms with van der Waals surface area (Å²) in [6, 6.07) is 12.3. The second-order valence-corrected chi connectivity index (χ2v) is 10.9. The first-order valence-electron chi connectivity index (χ1n) is 14.0. The zero-order valence-corrected chi connectivity index (χ0v) is 22.9. The van der Waals surface area contributed by atoms with E-state index in [1.165, 1.54) is 0 Å². The summed E-state index contributed by atoms with van der Waals surface area (Å²) in [6.45, 7) is 12.6. The highest BCUT2D eigenvalue weighted by Gasteiger charge is 2.30. The molecule has 2 unspecified atom stereocenters. The molecular weight excluding hydrogens is 490 g/mol. The van der Waals surface area contributed by atoms with Crippen LogP contribution in [0.2, 0.25) is 0 Å². The molecule has 3 aliphatic heterocycles. The first kappa shape index (κ1) is 25.7. The summed E-state index contributed by atoms with van der Waals surface area (Å²) in [6.07, 6.45) is 3.90. The lowest BCUT2D eigenvalue weighted by molar-refractivity contribution is -0.0327. The Balaban J connectivity index is 1.08. The second-order valence-electron chi connectivity index (χ2n) is 10.9. The minimum atomic E-state index is 0.116. The van der Waals surface area contributed by atoms with E-state index in [1.807, 2.05) is 24.4 Å². The van der Waals surface area contributed by atoms with E-state index in [4.69, 9.17) is 9.72 Å². The minimum Gasteiger partial charge on any atom is -0.370 e. The van der Waals surface area contributed by atoms with Gasteiger partial charge in [-0.25, -0.2) is 4.98 Å². The molecule has 0 aliphatic carbocycles. The fraction of sp³-hybridized carbons (Fsp3) is 0.517. The number of morpholine rings is 1. The number of anilines is 3. The number of hydrogen-bond acceptors (Lipinski definition) is 10. The molecule has 0 saturated carbocycles. The third-order valence-electron chi connectivity index (χ3n) is 8.11. The van der Waals surface area contributed by atoms with Crippen LogP contribution in [0, 0.1) is 11.3 Å². The van der Waals surface area contributed by atoms with Gasteiger partial charge in [-0.05, 0) is 44.3 Å². The van der Waals surface area contributed by atoms with Crippen molar-refractivity contribution in [3.05, 3.63) is 48.3 Å². The highest BCUT2D eigenvalue weighted by atomic mass is 16.5. The van der Waals surface area contributed by atoms with Crippen LogP contribution >= 0.6 is 0 Å².